The second-order valence-electron chi connectivity index (χ2n) is 4.37. The van der Waals surface area contributed by atoms with E-state index in [0.29, 0.717) is 6.54 Å². The SMILES string of the molecule is CCCC1NCC(=O)N1CCC(C)S(C)=O. The lowest BCUT2D eigenvalue weighted by molar-refractivity contribution is -0.128. The first kappa shape index (κ1) is 13.6. The molecule has 0 aromatic carbocycles. The van der Waals surface area contributed by atoms with Crippen molar-refractivity contribution in [1.29, 1.82) is 0 Å². The minimum absolute atomic E-state index is 0.163. The highest BCUT2D eigenvalue weighted by molar-refractivity contribution is 7.84. The van der Waals surface area contributed by atoms with Crippen LogP contribution in [0.15, 0.2) is 0 Å². The summed E-state index contributed by atoms with van der Waals surface area (Å²) < 4.78 is 11.2. The van der Waals surface area contributed by atoms with E-state index in [-0.39, 0.29) is 17.3 Å². The van der Waals surface area contributed by atoms with Gasteiger partial charge in [0.1, 0.15) is 0 Å². The number of rotatable bonds is 6. The van der Waals surface area contributed by atoms with Crippen LogP contribution in [-0.2, 0) is 15.6 Å². The van der Waals surface area contributed by atoms with Gasteiger partial charge in [0.15, 0.2) is 0 Å². The Morgan fingerprint density at radius 1 is 1.62 bits per heavy atom. The number of hydrogen-bond acceptors (Lipinski definition) is 3. The molecule has 0 saturated carbocycles. The van der Waals surface area contributed by atoms with Crippen LogP contribution >= 0.6 is 0 Å². The van der Waals surface area contributed by atoms with Gasteiger partial charge in [-0.15, -0.1) is 0 Å². The van der Waals surface area contributed by atoms with Gasteiger partial charge in [0, 0.05) is 28.9 Å². The lowest BCUT2D eigenvalue weighted by atomic mass is 10.2. The van der Waals surface area contributed by atoms with Crippen LogP contribution < -0.4 is 5.32 Å². The van der Waals surface area contributed by atoms with Crippen molar-refractivity contribution in [2.75, 3.05) is 19.3 Å². The van der Waals surface area contributed by atoms with E-state index in [2.05, 4.69) is 12.2 Å². The Morgan fingerprint density at radius 3 is 2.88 bits per heavy atom. The molecule has 1 heterocycles. The van der Waals surface area contributed by atoms with Crippen LogP contribution in [0.1, 0.15) is 33.1 Å². The maximum absolute atomic E-state index is 11.6. The lowest BCUT2D eigenvalue weighted by Gasteiger charge is -2.25. The summed E-state index contributed by atoms with van der Waals surface area (Å²) in [4.78, 5) is 13.5. The second kappa shape index (κ2) is 6.35. The maximum Gasteiger partial charge on any atom is 0.237 e. The van der Waals surface area contributed by atoms with Crippen LogP contribution in [0, 0.1) is 0 Å². The molecule has 1 saturated heterocycles. The van der Waals surface area contributed by atoms with E-state index in [1.165, 1.54) is 0 Å². The smallest absolute Gasteiger partial charge is 0.237 e. The van der Waals surface area contributed by atoms with Crippen LogP contribution in [0.25, 0.3) is 0 Å². The standard InChI is InChI=1S/C11H22N2O2S/c1-4-5-10-12-8-11(14)13(10)7-6-9(2)16(3)15/h9-10,12H,4-8H2,1-3H3. The molecule has 0 bridgehead atoms. The molecular formula is C11H22N2O2S. The first-order chi connectivity index (χ1) is 7.56. The molecule has 3 atom stereocenters. The lowest BCUT2D eigenvalue weighted by Crippen LogP contribution is -2.39. The van der Waals surface area contributed by atoms with E-state index < -0.39 is 10.8 Å². The zero-order chi connectivity index (χ0) is 12.1. The van der Waals surface area contributed by atoms with E-state index in [9.17, 15) is 9.00 Å². The van der Waals surface area contributed by atoms with Crippen molar-refractivity contribution in [3.8, 4) is 0 Å². The molecule has 4 nitrogen and oxygen atoms in total. The predicted molar refractivity (Wildman–Crippen MR) is 66.6 cm³/mol. The van der Waals surface area contributed by atoms with Crippen LogP contribution in [0.5, 0.6) is 0 Å². The van der Waals surface area contributed by atoms with E-state index in [1.807, 2.05) is 11.8 Å². The Kier molecular flexibility index (Phi) is 5.41. The minimum atomic E-state index is -0.795. The van der Waals surface area contributed by atoms with Gasteiger partial charge in [-0.3, -0.25) is 14.3 Å². The molecule has 0 aromatic rings. The van der Waals surface area contributed by atoms with Gasteiger partial charge < -0.3 is 4.90 Å². The molecule has 0 spiro atoms. The summed E-state index contributed by atoms with van der Waals surface area (Å²) >= 11 is 0. The molecule has 0 aliphatic carbocycles. The topological polar surface area (TPSA) is 49.4 Å². The third kappa shape index (κ3) is 3.56. The number of nitrogens with zero attached hydrogens (tertiary/aromatic N) is 1. The third-order valence-corrected chi connectivity index (χ3v) is 4.46. The summed E-state index contributed by atoms with van der Waals surface area (Å²) in [5.41, 5.74) is 0. The summed E-state index contributed by atoms with van der Waals surface area (Å²) in [6.07, 6.45) is 4.79. The average molecular weight is 246 g/mol. The van der Waals surface area contributed by atoms with Gasteiger partial charge in [-0.05, 0) is 12.8 Å². The number of hydrogen-bond donors (Lipinski definition) is 1. The Bertz CT molecular complexity index is 271. The largest absolute Gasteiger partial charge is 0.326 e. The fraction of sp³-hybridized carbons (Fsp3) is 0.909. The zero-order valence-electron chi connectivity index (χ0n) is 10.4. The summed E-state index contributed by atoms with van der Waals surface area (Å²) in [7, 11) is -0.795. The van der Waals surface area contributed by atoms with Crippen molar-refractivity contribution in [2.24, 2.45) is 0 Å². The summed E-state index contributed by atoms with van der Waals surface area (Å²) in [5.74, 6) is 0.174. The van der Waals surface area contributed by atoms with Gasteiger partial charge in [-0.2, -0.15) is 0 Å². The first-order valence-corrected chi connectivity index (χ1v) is 7.53. The molecule has 16 heavy (non-hydrogen) atoms. The molecule has 94 valence electrons. The van der Waals surface area contributed by atoms with Crippen molar-refractivity contribution in [3.63, 3.8) is 0 Å². The quantitative estimate of drug-likeness (QED) is 0.750. The van der Waals surface area contributed by atoms with Crippen molar-refractivity contribution in [2.45, 2.75) is 44.5 Å². The molecule has 1 amide bonds. The monoisotopic (exact) mass is 246 g/mol. The van der Waals surface area contributed by atoms with Gasteiger partial charge in [-0.1, -0.05) is 20.3 Å². The van der Waals surface area contributed by atoms with Gasteiger partial charge in [0.2, 0.25) is 5.91 Å². The number of carbonyl (C=O) groups excluding carboxylic acids is 1. The molecular weight excluding hydrogens is 224 g/mol. The Morgan fingerprint density at radius 2 is 2.31 bits per heavy atom. The molecule has 1 fully saturated rings. The van der Waals surface area contributed by atoms with Crippen molar-refractivity contribution < 1.29 is 9.00 Å². The molecule has 3 unspecified atom stereocenters. The van der Waals surface area contributed by atoms with E-state index in [4.69, 9.17) is 0 Å². The minimum Gasteiger partial charge on any atom is -0.326 e. The third-order valence-electron chi connectivity index (χ3n) is 3.09. The number of amides is 1. The molecule has 1 aliphatic rings. The second-order valence-corrected chi connectivity index (χ2v) is 6.17. The predicted octanol–water partition coefficient (Wildman–Crippen LogP) is 0.702. The van der Waals surface area contributed by atoms with Crippen LogP contribution in [0.3, 0.4) is 0 Å². The van der Waals surface area contributed by atoms with Crippen molar-refractivity contribution in [1.82, 2.24) is 10.2 Å². The van der Waals surface area contributed by atoms with Crippen LogP contribution in [-0.4, -0.2) is 45.8 Å². The average Bonchev–Trinajstić information content (AvgIpc) is 2.57. The van der Waals surface area contributed by atoms with Crippen molar-refractivity contribution in [3.05, 3.63) is 0 Å². The molecule has 1 rings (SSSR count). The van der Waals surface area contributed by atoms with E-state index in [0.717, 1.165) is 25.8 Å². The highest BCUT2D eigenvalue weighted by Crippen LogP contribution is 2.12. The van der Waals surface area contributed by atoms with Gasteiger partial charge >= 0.3 is 0 Å². The molecule has 5 heteroatoms. The fourth-order valence-electron chi connectivity index (χ4n) is 1.89. The molecule has 1 aliphatic heterocycles. The van der Waals surface area contributed by atoms with Gasteiger partial charge in [-0.25, -0.2) is 0 Å². The molecule has 0 aromatic heterocycles. The molecule has 1 N–H and O–H groups in total. The normalized spacial score (nSPS) is 24.8. The van der Waals surface area contributed by atoms with Crippen molar-refractivity contribution >= 4 is 16.7 Å². The summed E-state index contributed by atoms with van der Waals surface area (Å²) in [5, 5.41) is 3.37. The number of carbonyl (C=O) groups is 1. The zero-order valence-corrected chi connectivity index (χ0v) is 11.2. The highest BCUT2D eigenvalue weighted by atomic mass is 32.2. The molecule has 0 radical (unpaired) electrons. The van der Waals surface area contributed by atoms with Gasteiger partial charge in [0.05, 0.1) is 12.7 Å². The van der Waals surface area contributed by atoms with Gasteiger partial charge in [0.25, 0.3) is 0 Å². The van der Waals surface area contributed by atoms with Crippen LogP contribution in [0.2, 0.25) is 0 Å². The fourth-order valence-corrected chi connectivity index (χ4v) is 2.33. The maximum atomic E-state index is 11.6. The van der Waals surface area contributed by atoms with E-state index >= 15 is 0 Å². The first-order valence-electron chi connectivity index (χ1n) is 5.91. The Labute approximate surface area is 100 Å². The van der Waals surface area contributed by atoms with E-state index in [1.54, 1.807) is 6.26 Å². The number of nitrogens with one attached hydrogen (secondary N) is 1. The Balaban J connectivity index is 2.44. The summed E-state index contributed by atoms with van der Waals surface area (Å²) in [6, 6.07) is 0. The highest BCUT2D eigenvalue weighted by Gasteiger charge is 2.29. The Hall–Kier alpha value is -0.420. The summed E-state index contributed by atoms with van der Waals surface area (Å²) in [6.45, 7) is 5.26. The van der Waals surface area contributed by atoms with Crippen LogP contribution in [0.4, 0.5) is 0 Å².